The minimum atomic E-state index is -3.84. The van der Waals surface area contributed by atoms with Crippen LogP contribution in [0, 0.1) is 5.82 Å². The van der Waals surface area contributed by atoms with E-state index >= 15 is 0 Å². The quantitative estimate of drug-likeness (QED) is 0.799. The van der Waals surface area contributed by atoms with Gasteiger partial charge >= 0.3 is 0 Å². The van der Waals surface area contributed by atoms with Crippen LogP contribution in [-0.2, 0) is 10.0 Å². The summed E-state index contributed by atoms with van der Waals surface area (Å²) >= 11 is 5.70. The smallest absolute Gasteiger partial charge is 0.246 e. The first-order valence-electron chi connectivity index (χ1n) is 8.43. The first kappa shape index (κ1) is 19.1. The van der Waals surface area contributed by atoms with E-state index < -0.39 is 15.8 Å². The second-order valence-corrected chi connectivity index (χ2v) is 8.48. The number of sulfonamides is 1. The normalized spacial score (nSPS) is 16.5. The number of nitrogens with one attached hydrogen (secondary N) is 1. The molecule has 140 valence electrons. The van der Waals surface area contributed by atoms with Crippen molar-refractivity contribution in [2.24, 2.45) is 0 Å². The van der Waals surface area contributed by atoms with Gasteiger partial charge in [0, 0.05) is 5.02 Å². The van der Waals surface area contributed by atoms with E-state index in [1.54, 1.807) is 0 Å². The molecule has 0 radical (unpaired) electrons. The molecular formula is C18H21ClFN2O3S+. The Balaban J connectivity index is 1.53. The van der Waals surface area contributed by atoms with Gasteiger partial charge in [0.1, 0.15) is 29.6 Å². The molecule has 8 heteroatoms. The molecule has 5 nitrogen and oxygen atoms in total. The molecule has 0 saturated carbocycles. The maximum atomic E-state index is 14.0. The number of quaternary nitrogens is 1. The molecule has 0 aromatic heterocycles. The maximum absolute atomic E-state index is 14.0. The zero-order valence-electron chi connectivity index (χ0n) is 14.2. The highest BCUT2D eigenvalue weighted by atomic mass is 35.5. The van der Waals surface area contributed by atoms with Crippen LogP contribution in [0.25, 0.3) is 0 Å². The number of hydrogen-bond donors (Lipinski definition) is 1. The molecule has 0 aliphatic carbocycles. The Bertz CT molecular complexity index is 841. The number of ether oxygens (including phenoxy) is 1. The molecule has 1 N–H and O–H groups in total. The fraction of sp³-hybridized carbons (Fsp3) is 0.333. The van der Waals surface area contributed by atoms with Crippen LogP contribution in [0.5, 0.6) is 5.75 Å². The Morgan fingerprint density at radius 1 is 1.12 bits per heavy atom. The molecular weight excluding hydrogens is 379 g/mol. The van der Waals surface area contributed by atoms with Crippen molar-refractivity contribution in [3.05, 3.63) is 59.4 Å². The fourth-order valence-electron chi connectivity index (χ4n) is 2.95. The van der Waals surface area contributed by atoms with Crippen LogP contribution in [-0.4, -0.2) is 52.1 Å². The summed E-state index contributed by atoms with van der Waals surface area (Å²) in [6.45, 7) is 3.38. The van der Waals surface area contributed by atoms with E-state index in [0.717, 1.165) is 18.4 Å². The molecule has 0 bridgehead atoms. The molecule has 0 amide bonds. The van der Waals surface area contributed by atoms with Crippen LogP contribution in [0.4, 0.5) is 4.39 Å². The van der Waals surface area contributed by atoms with Gasteiger partial charge in [-0.3, -0.25) is 0 Å². The van der Waals surface area contributed by atoms with Crippen molar-refractivity contribution in [3.8, 4) is 5.75 Å². The van der Waals surface area contributed by atoms with E-state index in [9.17, 15) is 12.8 Å². The summed E-state index contributed by atoms with van der Waals surface area (Å²) in [7, 11) is -3.84. The van der Waals surface area contributed by atoms with Gasteiger partial charge in [0.25, 0.3) is 0 Å². The number of piperazine rings is 1. The van der Waals surface area contributed by atoms with E-state index in [1.165, 1.54) is 21.3 Å². The number of rotatable bonds is 6. The van der Waals surface area contributed by atoms with Gasteiger partial charge in [-0.2, -0.15) is 4.31 Å². The lowest BCUT2D eigenvalue weighted by Gasteiger charge is -2.31. The third-order valence-corrected chi connectivity index (χ3v) is 6.58. The lowest BCUT2D eigenvalue weighted by molar-refractivity contribution is -0.903. The van der Waals surface area contributed by atoms with Gasteiger partial charge in [-0.15, -0.1) is 0 Å². The van der Waals surface area contributed by atoms with Crippen LogP contribution in [0.3, 0.4) is 0 Å². The van der Waals surface area contributed by atoms with Gasteiger partial charge in [0.05, 0.1) is 26.2 Å². The van der Waals surface area contributed by atoms with Crippen LogP contribution in [0.1, 0.15) is 0 Å². The van der Waals surface area contributed by atoms with Crippen molar-refractivity contribution in [1.29, 1.82) is 0 Å². The molecule has 1 heterocycles. The molecule has 0 atom stereocenters. The van der Waals surface area contributed by atoms with Gasteiger partial charge in [-0.25, -0.2) is 12.8 Å². The van der Waals surface area contributed by atoms with Crippen LogP contribution >= 0.6 is 11.6 Å². The summed E-state index contributed by atoms with van der Waals surface area (Å²) < 4.78 is 46.3. The average molecular weight is 400 g/mol. The van der Waals surface area contributed by atoms with Crippen molar-refractivity contribution >= 4 is 21.6 Å². The first-order valence-corrected chi connectivity index (χ1v) is 10.3. The Labute approximate surface area is 158 Å². The van der Waals surface area contributed by atoms with E-state index in [2.05, 4.69) is 0 Å². The van der Waals surface area contributed by atoms with E-state index in [4.69, 9.17) is 16.3 Å². The van der Waals surface area contributed by atoms with Crippen molar-refractivity contribution < 1.29 is 22.4 Å². The number of nitrogens with zero attached hydrogens (tertiary/aromatic N) is 1. The second-order valence-electron chi connectivity index (χ2n) is 6.14. The zero-order valence-corrected chi connectivity index (χ0v) is 15.8. The van der Waals surface area contributed by atoms with Gasteiger partial charge in [0.2, 0.25) is 10.0 Å². The summed E-state index contributed by atoms with van der Waals surface area (Å²) in [6.07, 6.45) is 0. The number of para-hydroxylation sites is 1. The second kappa shape index (κ2) is 8.35. The monoisotopic (exact) mass is 399 g/mol. The first-order chi connectivity index (χ1) is 12.5. The summed E-state index contributed by atoms with van der Waals surface area (Å²) in [5, 5.41) is 0.175. The van der Waals surface area contributed by atoms with Gasteiger partial charge in [-0.1, -0.05) is 29.8 Å². The predicted molar refractivity (Wildman–Crippen MR) is 97.7 cm³/mol. The summed E-state index contributed by atoms with van der Waals surface area (Å²) in [6, 6.07) is 13.2. The molecule has 1 aliphatic rings. The third kappa shape index (κ3) is 4.54. The maximum Gasteiger partial charge on any atom is 0.246 e. The third-order valence-electron chi connectivity index (χ3n) is 4.41. The lowest BCUT2D eigenvalue weighted by Crippen LogP contribution is -3.15. The zero-order chi connectivity index (χ0) is 18.6. The van der Waals surface area contributed by atoms with Crippen LogP contribution in [0.15, 0.2) is 53.4 Å². The van der Waals surface area contributed by atoms with Crippen molar-refractivity contribution in [2.75, 3.05) is 39.3 Å². The van der Waals surface area contributed by atoms with Crippen LogP contribution < -0.4 is 9.64 Å². The minimum Gasteiger partial charge on any atom is -0.488 e. The molecule has 26 heavy (non-hydrogen) atoms. The Morgan fingerprint density at radius 3 is 2.46 bits per heavy atom. The van der Waals surface area contributed by atoms with E-state index in [1.807, 2.05) is 30.3 Å². The molecule has 3 rings (SSSR count). The van der Waals surface area contributed by atoms with Gasteiger partial charge < -0.3 is 9.64 Å². The molecule has 2 aromatic carbocycles. The number of benzene rings is 2. The number of hydrogen-bond acceptors (Lipinski definition) is 3. The lowest BCUT2D eigenvalue weighted by atomic mass is 10.3. The van der Waals surface area contributed by atoms with Crippen molar-refractivity contribution in [3.63, 3.8) is 0 Å². The molecule has 1 aliphatic heterocycles. The predicted octanol–water partition coefficient (Wildman–Crippen LogP) is 1.45. The summed E-state index contributed by atoms with van der Waals surface area (Å²) in [4.78, 5) is 0.946. The molecule has 1 fully saturated rings. The van der Waals surface area contributed by atoms with E-state index in [-0.39, 0.29) is 9.92 Å². The molecule has 1 saturated heterocycles. The highest BCUT2D eigenvalue weighted by molar-refractivity contribution is 7.89. The van der Waals surface area contributed by atoms with Gasteiger partial charge in [0.15, 0.2) is 0 Å². The summed E-state index contributed by atoms with van der Waals surface area (Å²) in [5.74, 6) is 0.00913. The Morgan fingerprint density at radius 2 is 1.81 bits per heavy atom. The van der Waals surface area contributed by atoms with Crippen LogP contribution in [0.2, 0.25) is 5.02 Å². The minimum absolute atomic E-state index is 0.175. The number of halogens is 2. The standard InChI is InChI=1S/C18H20ClFN2O3S/c19-15-6-7-18(17(20)14-15)26(23,24)22-10-8-21(9-11-22)12-13-25-16-4-2-1-3-5-16/h1-7,14H,8-13H2/p+1. The fourth-order valence-corrected chi connectivity index (χ4v) is 4.59. The topological polar surface area (TPSA) is 51.0 Å². The SMILES string of the molecule is O=S(=O)(c1ccc(Cl)cc1F)N1CC[NH+](CCOc2ccccc2)CC1. The largest absolute Gasteiger partial charge is 0.488 e. The van der Waals surface area contributed by atoms with E-state index in [0.29, 0.717) is 32.8 Å². The Hall–Kier alpha value is -1.67. The van der Waals surface area contributed by atoms with Crippen molar-refractivity contribution in [2.45, 2.75) is 4.90 Å². The highest BCUT2D eigenvalue weighted by Crippen LogP contribution is 2.22. The molecule has 0 unspecified atom stereocenters. The van der Waals surface area contributed by atoms with Gasteiger partial charge in [-0.05, 0) is 30.3 Å². The van der Waals surface area contributed by atoms with Crippen molar-refractivity contribution in [1.82, 2.24) is 4.31 Å². The molecule has 0 spiro atoms. The average Bonchev–Trinajstić information content (AvgIpc) is 2.63. The Kier molecular flexibility index (Phi) is 6.13. The summed E-state index contributed by atoms with van der Waals surface area (Å²) in [5.41, 5.74) is 0. The highest BCUT2D eigenvalue weighted by Gasteiger charge is 2.32. The molecule has 2 aromatic rings.